The topological polar surface area (TPSA) is 29.9 Å². The Labute approximate surface area is 107 Å². The molecule has 0 saturated heterocycles. The fraction of sp³-hybridized carbons (Fsp3) is 0.400. The lowest BCUT2D eigenvalue weighted by molar-refractivity contribution is 0.627. The van der Waals surface area contributed by atoms with Crippen LogP contribution in [0.2, 0.25) is 0 Å². The van der Waals surface area contributed by atoms with Gasteiger partial charge in [0.1, 0.15) is 0 Å². The first kappa shape index (κ1) is 10.2. The molecule has 1 aromatic carbocycles. The number of hydrogen-bond donors (Lipinski definition) is 1. The molecule has 0 amide bonds. The lowest BCUT2D eigenvalue weighted by atomic mass is 9.78. The molecular weight excluding hydrogens is 222 g/mol. The second-order valence-electron chi connectivity index (χ2n) is 5.37. The molecule has 0 bridgehead atoms. The van der Waals surface area contributed by atoms with Gasteiger partial charge < -0.3 is 9.88 Å². The largest absolute Gasteiger partial charge is 0.355 e. The molecule has 1 heterocycles. The van der Waals surface area contributed by atoms with Crippen LogP contribution in [0.15, 0.2) is 36.7 Å². The highest BCUT2D eigenvalue weighted by Crippen LogP contribution is 2.38. The summed E-state index contributed by atoms with van der Waals surface area (Å²) in [5.41, 5.74) is 3.02. The van der Waals surface area contributed by atoms with Crippen molar-refractivity contribution < 1.29 is 0 Å². The van der Waals surface area contributed by atoms with Gasteiger partial charge in [-0.05, 0) is 30.4 Å². The standard InChI is InChI=1S/C15H17N3/c1-2-4-14-11(3-1)9-12(14)10-17-15-16-7-8-18(15)13-5-6-13/h1-4,7-8,12-13H,5-6,9-10H2,(H,16,17). The first-order valence-corrected chi connectivity index (χ1v) is 6.76. The van der Waals surface area contributed by atoms with Crippen molar-refractivity contribution in [1.29, 1.82) is 0 Å². The summed E-state index contributed by atoms with van der Waals surface area (Å²) in [4.78, 5) is 4.42. The molecule has 3 nitrogen and oxygen atoms in total. The first-order valence-electron chi connectivity index (χ1n) is 6.76. The minimum absolute atomic E-state index is 0.658. The molecule has 1 N–H and O–H groups in total. The number of nitrogens with one attached hydrogen (secondary N) is 1. The van der Waals surface area contributed by atoms with Gasteiger partial charge in [0.15, 0.2) is 0 Å². The molecule has 1 unspecified atom stereocenters. The predicted octanol–water partition coefficient (Wildman–Crippen LogP) is 2.97. The van der Waals surface area contributed by atoms with Crippen molar-refractivity contribution in [3.63, 3.8) is 0 Å². The zero-order valence-corrected chi connectivity index (χ0v) is 10.3. The van der Waals surface area contributed by atoms with Gasteiger partial charge in [-0.1, -0.05) is 24.3 Å². The summed E-state index contributed by atoms with van der Waals surface area (Å²) < 4.78 is 2.28. The van der Waals surface area contributed by atoms with Crippen molar-refractivity contribution in [1.82, 2.24) is 9.55 Å². The molecule has 0 spiro atoms. The maximum atomic E-state index is 4.42. The van der Waals surface area contributed by atoms with E-state index in [4.69, 9.17) is 0 Å². The number of aromatic nitrogens is 2. The molecular formula is C15H17N3. The Kier molecular flexibility index (Phi) is 2.19. The quantitative estimate of drug-likeness (QED) is 0.889. The van der Waals surface area contributed by atoms with Crippen LogP contribution in [0.3, 0.4) is 0 Å². The number of benzene rings is 1. The van der Waals surface area contributed by atoms with E-state index in [1.165, 1.54) is 30.4 Å². The van der Waals surface area contributed by atoms with Gasteiger partial charge >= 0.3 is 0 Å². The van der Waals surface area contributed by atoms with Crippen molar-refractivity contribution in [2.75, 3.05) is 11.9 Å². The summed E-state index contributed by atoms with van der Waals surface area (Å²) in [6.07, 6.45) is 7.80. The predicted molar refractivity (Wildman–Crippen MR) is 71.9 cm³/mol. The van der Waals surface area contributed by atoms with Crippen molar-refractivity contribution >= 4 is 5.95 Å². The highest BCUT2D eigenvalue weighted by molar-refractivity contribution is 5.42. The number of fused-ring (bicyclic) bond motifs is 1. The van der Waals surface area contributed by atoms with E-state index < -0.39 is 0 Å². The fourth-order valence-corrected chi connectivity index (χ4v) is 2.86. The second-order valence-corrected chi connectivity index (χ2v) is 5.37. The van der Waals surface area contributed by atoms with E-state index in [-0.39, 0.29) is 0 Å². The van der Waals surface area contributed by atoms with Crippen molar-refractivity contribution in [2.45, 2.75) is 31.2 Å². The van der Waals surface area contributed by atoms with Gasteiger partial charge in [-0.3, -0.25) is 0 Å². The van der Waals surface area contributed by atoms with Crippen LogP contribution in [0.25, 0.3) is 0 Å². The summed E-state index contributed by atoms with van der Waals surface area (Å²) in [6, 6.07) is 9.44. The van der Waals surface area contributed by atoms with Gasteiger partial charge in [-0.25, -0.2) is 4.98 Å². The van der Waals surface area contributed by atoms with Crippen LogP contribution < -0.4 is 5.32 Å². The average Bonchev–Trinajstić information content (AvgIpc) is 3.10. The maximum Gasteiger partial charge on any atom is 0.203 e. The van der Waals surface area contributed by atoms with Crippen molar-refractivity contribution in [3.05, 3.63) is 47.8 Å². The molecule has 2 aromatic rings. The van der Waals surface area contributed by atoms with E-state index in [1.807, 2.05) is 6.20 Å². The fourth-order valence-electron chi connectivity index (χ4n) is 2.86. The van der Waals surface area contributed by atoms with Gasteiger partial charge in [0.2, 0.25) is 5.95 Å². The van der Waals surface area contributed by atoms with Gasteiger partial charge in [-0.15, -0.1) is 0 Å². The Morgan fingerprint density at radius 2 is 2.17 bits per heavy atom. The van der Waals surface area contributed by atoms with Crippen LogP contribution in [-0.4, -0.2) is 16.1 Å². The van der Waals surface area contributed by atoms with Crippen LogP contribution in [0.1, 0.15) is 35.9 Å². The molecule has 1 aromatic heterocycles. The summed E-state index contributed by atoms with van der Waals surface area (Å²) in [6.45, 7) is 1.00. The molecule has 2 aliphatic carbocycles. The normalized spacial score (nSPS) is 21.2. The van der Waals surface area contributed by atoms with E-state index in [1.54, 1.807) is 0 Å². The van der Waals surface area contributed by atoms with Gasteiger partial charge in [0.05, 0.1) is 0 Å². The van der Waals surface area contributed by atoms with Crippen LogP contribution >= 0.6 is 0 Å². The van der Waals surface area contributed by atoms with Gasteiger partial charge in [0.25, 0.3) is 0 Å². The third-order valence-corrected chi connectivity index (χ3v) is 4.08. The lowest BCUT2D eigenvalue weighted by Crippen LogP contribution is -2.25. The van der Waals surface area contributed by atoms with Gasteiger partial charge in [-0.2, -0.15) is 0 Å². The molecule has 1 fully saturated rings. The molecule has 2 aliphatic rings. The Bertz CT molecular complexity index is 569. The molecule has 4 rings (SSSR count). The Morgan fingerprint density at radius 1 is 1.28 bits per heavy atom. The Balaban J connectivity index is 1.44. The highest BCUT2D eigenvalue weighted by Gasteiger charge is 2.27. The minimum Gasteiger partial charge on any atom is -0.355 e. The van der Waals surface area contributed by atoms with Crippen LogP contribution in [0, 0.1) is 0 Å². The summed E-state index contributed by atoms with van der Waals surface area (Å²) in [5, 5.41) is 3.51. The number of hydrogen-bond acceptors (Lipinski definition) is 2. The van der Waals surface area contributed by atoms with E-state index in [0.717, 1.165) is 12.5 Å². The second kappa shape index (κ2) is 3.87. The molecule has 3 heteroatoms. The highest BCUT2D eigenvalue weighted by atomic mass is 15.2. The van der Waals surface area contributed by atoms with Crippen LogP contribution in [-0.2, 0) is 6.42 Å². The third kappa shape index (κ3) is 1.62. The van der Waals surface area contributed by atoms with E-state index >= 15 is 0 Å². The summed E-state index contributed by atoms with van der Waals surface area (Å²) in [5.74, 6) is 1.70. The van der Waals surface area contributed by atoms with Crippen molar-refractivity contribution in [2.24, 2.45) is 0 Å². The van der Waals surface area contributed by atoms with E-state index in [0.29, 0.717) is 12.0 Å². The van der Waals surface area contributed by atoms with Crippen LogP contribution in [0.4, 0.5) is 5.95 Å². The molecule has 1 saturated carbocycles. The van der Waals surface area contributed by atoms with E-state index in [2.05, 4.69) is 45.3 Å². The van der Waals surface area contributed by atoms with Gasteiger partial charge in [0, 0.05) is 30.9 Å². The first-order chi connectivity index (χ1) is 8.92. The molecule has 92 valence electrons. The van der Waals surface area contributed by atoms with E-state index in [9.17, 15) is 0 Å². The maximum absolute atomic E-state index is 4.42. The molecule has 1 atom stereocenters. The summed E-state index contributed by atoms with van der Waals surface area (Å²) in [7, 11) is 0. The van der Waals surface area contributed by atoms with Crippen LogP contribution in [0.5, 0.6) is 0 Å². The smallest absolute Gasteiger partial charge is 0.203 e. The number of imidazole rings is 1. The molecule has 18 heavy (non-hydrogen) atoms. The monoisotopic (exact) mass is 239 g/mol. The zero-order chi connectivity index (χ0) is 11.9. The minimum atomic E-state index is 0.658. The number of nitrogens with zero attached hydrogens (tertiary/aromatic N) is 2. The third-order valence-electron chi connectivity index (χ3n) is 4.08. The van der Waals surface area contributed by atoms with Crippen molar-refractivity contribution in [3.8, 4) is 0 Å². The Hall–Kier alpha value is -1.77. The number of rotatable bonds is 4. The summed E-state index contributed by atoms with van der Waals surface area (Å²) >= 11 is 0. The average molecular weight is 239 g/mol. The Morgan fingerprint density at radius 3 is 3.00 bits per heavy atom. The lowest BCUT2D eigenvalue weighted by Gasteiger charge is -2.30. The zero-order valence-electron chi connectivity index (χ0n) is 10.3. The SMILES string of the molecule is c1ccc2c(c1)CC2CNc1nccn1C1CC1. The molecule has 0 aliphatic heterocycles. The number of anilines is 1. The molecule has 0 radical (unpaired) electrons.